The van der Waals surface area contributed by atoms with Gasteiger partial charge in [0.15, 0.2) is 0 Å². The first kappa shape index (κ1) is 17.7. The molecule has 0 aliphatic carbocycles. The molecular weight excluding hydrogens is 352 g/mol. The van der Waals surface area contributed by atoms with Crippen molar-refractivity contribution < 1.29 is 9.52 Å². The number of benzene rings is 1. The third-order valence-electron chi connectivity index (χ3n) is 6.39. The molecule has 6 nitrogen and oxygen atoms in total. The molecule has 5 rings (SSSR count). The molecule has 4 heterocycles. The van der Waals surface area contributed by atoms with Gasteiger partial charge in [-0.05, 0) is 24.1 Å². The van der Waals surface area contributed by atoms with Crippen LogP contribution in [-0.2, 0) is 13.1 Å². The standard InChI is InChI=1S/C22H26N4O2/c23-21-17(5-3-7-24-21)9-25-10-18-11-26(14-22(18,13-25)15-27)12-19-8-16-4-1-2-6-20(16)28-19/h1-8,18,27H,9-15H2,(H2,23,24). The highest BCUT2D eigenvalue weighted by Crippen LogP contribution is 2.43. The normalized spacial score (nSPS) is 25.5. The van der Waals surface area contributed by atoms with Crippen molar-refractivity contribution in [3.8, 4) is 0 Å². The highest BCUT2D eigenvalue weighted by atomic mass is 16.3. The number of hydrogen-bond acceptors (Lipinski definition) is 6. The minimum atomic E-state index is -0.0665. The maximum atomic E-state index is 10.2. The zero-order valence-electron chi connectivity index (χ0n) is 15.9. The number of nitrogen functional groups attached to an aromatic ring is 1. The Hall–Kier alpha value is -2.41. The van der Waals surface area contributed by atoms with Gasteiger partial charge in [-0.1, -0.05) is 24.3 Å². The lowest BCUT2D eigenvalue weighted by atomic mass is 9.82. The molecule has 0 saturated carbocycles. The summed E-state index contributed by atoms with van der Waals surface area (Å²) in [4.78, 5) is 9.03. The van der Waals surface area contributed by atoms with Crippen LogP contribution < -0.4 is 5.73 Å². The van der Waals surface area contributed by atoms with Crippen LogP contribution in [0.4, 0.5) is 5.82 Å². The van der Waals surface area contributed by atoms with Crippen molar-refractivity contribution in [3.05, 3.63) is 60.0 Å². The molecule has 0 amide bonds. The summed E-state index contributed by atoms with van der Waals surface area (Å²) in [5, 5.41) is 11.4. The molecule has 2 saturated heterocycles. The summed E-state index contributed by atoms with van der Waals surface area (Å²) in [6.07, 6.45) is 1.72. The molecule has 3 N–H and O–H groups in total. The number of aliphatic hydroxyl groups excluding tert-OH is 1. The monoisotopic (exact) mass is 378 g/mol. The van der Waals surface area contributed by atoms with Crippen LogP contribution in [0.25, 0.3) is 11.0 Å². The Morgan fingerprint density at radius 1 is 1.11 bits per heavy atom. The average Bonchev–Trinajstić information content (AvgIpc) is 3.33. The lowest BCUT2D eigenvalue weighted by Gasteiger charge is -2.27. The number of rotatable bonds is 5. The molecule has 2 atom stereocenters. The average molecular weight is 378 g/mol. The second kappa shape index (κ2) is 6.88. The summed E-state index contributed by atoms with van der Waals surface area (Å²) in [6, 6.07) is 14.2. The van der Waals surface area contributed by atoms with Gasteiger partial charge in [0.25, 0.3) is 0 Å². The Kier molecular flexibility index (Phi) is 4.34. The van der Waals surface area contributed by atoms with Gasteiger partial charge < -0.3 is 15.3 Å². The first-order valence-corrected chi connectivity index (χ1v) is 9.88. The second-order valence-electron chi connectivity index (χ2n) is 8.35. The fourth-order valence-corrected chi connectivity index (χ4v) is 5.03. The maximum absolute atomic E-state index is 10.2. The number of nitrogens with two attached hydrogens (primary N) is 1. The van der Waals surface area contributed by atoms with E-state index in [-0.39, 0.29) is 12.0 Å². The summed E-state index contributed by atoms with van der Waals surface area (Å²) in [6.45, 7) is 5.54. The molecule has 2 aromatic heterocycles. The van der Waals surface area contributed by atoms with E-state index in [9.17, 15) is 5.11 Å². The van der Waals surface area contributed by atoms with Gasteiger partial charge in [-0.15, -0.1) is 0 Å². The van der Waals surface area contributed by atoms with Gasteiger partial charge in [0.1, 0.15) is 17.2 Å². The van der Waals surface area contributed by atoms with E-state index < -0.39 is 0 Å². The highest BCUT2D eigenvalue weighted by Gasteiger charge is 2.51. The number of furan rings is 1. The molecule has 146 valence electrons. The Labute approximate surface area is 164 Å². The molecule has 0 spiro atoms. The molecule has 0 bridgehead atoms. The maximum Gasteiger partial charge on any atom is 0.134 e. The Morgan fingerprint density at radius 2 is 1.89 bits per heavy atom. The van der Waals surface area contributed by atoms with E-state index in [4.69, 9.17) is 10.2 Å². The van der Waals surface area contributed by atoms with Crippen LogP contribution in [0.5, 0.6) is 0 Å². The molecule has 2 unspecified atom stereocenters. The Bertz CT molecular complexity index is 954. The molecule has 6 heteroatoms. The summed E-state index contributed by atoms with van der Waals surface area (Å²) >= 11 is 0. The number of pyridine rings is 1. The summed E-state index contributed by atoms with van der Waals surface area (Å²) in [5.41, 5.74) is 7.95. The van der Waals surface area contributed by atoms with Crippen molar-refractivity contribution >= 4 is 16.8 Å². The number of para-hydroxylation sites is 1. The smallest absolute Gasteiger partial charge is 0.134 e. The third-order valence-corrected chi connectivity index (χ3v) is 6.39. The lowest BCUT2D eigenvalue weighted by molar-refractivity contribution is 0.109. The first-order chi connectivity index (χ1) is 13.6. The first-order valence-electron chi connectivity index (χ1n) is 9.88. The Balaban J connectivity index is 1.27. The number of likely N-dealkylation sites (tertiary alicyclic amines) is 2. The molecule has 0 radical (unpaired) electrons. The fraction of sp³-hybridized carbons (Fsp3) is 0.409. The number of hydrogen-bond donors (Lipinski definition) is 2. The number of nitrogens with zero attached hydrogens (tertiary/aromatic N) is 3. The Morgan fingerprint density at radius 3 is 2.61 bits per heavy atom. The number of aliphatic hydroxyl groups is 1. The van der Waals surface area contributed by atoms with E-state index in [0.717, 1.165) is 61.6 Å². The van der Waals surface area contributed by atoms with E-state index in [1.54, 1.807) is 6.20 Å². The highest BCUT2D eigenvalue weighted by molar-refractivity contribution is 5.77. The van der Waals surface area contributed by atoms with E-state index in [1.165, 1.54) is 0 Å². The van der Waals surface area contributed by atoms with Crippen LogP contribution in [0.1, 0.15) is 11.3 Å². The van der Waals surface area contributed by atoms with Crippen molar-refractivity contribution in [1.29, 1.82) is 0 Å². The topological polar surface area (TPSA) is 78.8 Å². The molecule has 1 aromatic carbocycles. The van der Waals surface area contributed by atoms with Crippen LogP contribution in [0.15, 0.2) is 53.1 Å². The summed E-state index contributed by atoms with van der Waals surface area (Å²) in [7, 11) is 0. The lowest BCUT2D eigenvalue weighted by Crippen LogP contribution is -2.36. The largest absolute Gasteiger partial charge is 0.460 e. The molecule has 2 fully saturated rings. The fourth-order valence-electron chi connectivity index (χ4n) is 5.03. The van der Waals surface area contributed by atoms with E-state index in [1.807, 2.05) is 30.3 Å². The van der Waals surface area contributed by atoms with Gasteiger partial charge in [0.05, 0.1) is 13.2 Å². The SMILES string of the molecule is Nc1ncccc1CN1CC2CN(Cc3cc4ccccc4o3)CC2(CO)C1. The van der Waals surface area contributed by atoms with Crippen LogP contribution in [0, 0.1) is 11.3 Å². The van der Waals surface area contributed by atoms with Crippen molar-refractivity contribution in [2.75, 3.05) is 38.5 Å². The molecule has 2 aliphatic heterocycles. The minimum Gasteiger partial charge on any atom is -0.460 e. The van der Waals surface area contributed by atoms with Gasteiger partial charge in [-0.2, -0.15) is 0 Å². The van der Waals surface area contributed by atoms with Gasteiger partial charge in [-0.25, -0.2) is 4.98 Å². The van der Waals surface area contributed by atoms with Gasteiger partial charge in [0, 0.05) is 55.3 Å². The molecule has 28 heavy (non-hydrogen) atoms. The van der Waals surface area contributed by atoms with Crippen molar-refractivity contribution in [2.24, 2.45) is 11.3 Å². The van der Waals surface area contributed by atoms with Gasteiger partial charge in [-0.3, -0.25) is 9.80 Å². The zero-order chi connectivity index (χ0) is 19.1. The van der Waals surface area contributed by atoms with Crippen LogP contribution in [0.2, 0.25) is 0 Å². The van der Waals surface area contributed by atoms with Crippen molar-refractivity contribution in [1.82, 2.24) is 14.8 Å². The van der Waals surface area contributed by atoms with Gasteiger partial charge in [0.2, 0.25) is 0 Å². The van der Waals surface area contributed by atoms with Gasteiger partial charge >= 0.3 is 0 Å². The quantitative estimate of drug-likeness (QED) is 0.710. The van der Waals surface area contributed by atoms with E-state index in [0.29, 0.717) is 11.7 Å². The number of aromatic nitrogens is 1. The second-order valence-corrected chi connectivity index (χ2v) is 8.35. The van der Waals surface area contributed by atoms with E-state index in [2.05, 4.69) is 26.9 Å². The molecule has 2 aliphatic rings. The van der Waals surface area contributed by atoms with Crippen LogP contribution in [0.3, 0.4) is 0 Å². The summed E-state index contributed by atoms with van der Waals surface area (Å²) < 4.78 is 6.00. The van der Waals surface area contributed by atoms with Crippen molar-refractivity contribution in [3.63, 3.8) is 0 Å². The number of fused-ring (bicyclic) bond motifs is 2. The predicted molar refractivity (Wildman–Crippen MR) is 108 cm³/mol. The third kappa shape index (κ3) is 3.07. The van der Waals surface area contributed by atoms with E-state index >= 15 is 0 Å². The molecule has 3 aromatic rings. The zero-order valence-corrected chi connectivity index (χ0v) is 15.9. The van der Waals surface area contributed by atoms with Crippen LogP contribution in [-0.4, -0.2) is 52.7 Å². The molecular formula is C22H26N4O2. The van der Waals surface area contributed by atoms with Crippen molar-refractivity contribution in [2.45, 2.75) is 13.1 Å². The number of anilines is 1. The summed E-state index contributed by atoms with van der Waals surface area (Å²) in [5.74, 6) is 2.05. The van der Waals surface area contributed by atoms with Crippen LogP contribution >= 0.6 is 0 Å². The minimum absolute atomic E-state index is 0.0665. The predicted octanol–water partition coefficient (Wildman–Crippen LogP) is 2.34.